The maximum absolute atomic E-state index is 8.61. The molecule has 0 saturated carbocycles. The summed E-state index contributed by atoms with van der Waals surface area (Å²) in [5.74, 6) is 0. The molecular formula is C6H13Br3O. The molecule has 1 N–H and O–H groups in total. The molecule has 10 heavy (non-hydrogen) atoms. The lowest BCUT2D eigenvalue weighted by atomic mass is 10.4. The van der Waals surface area contributed by atoms with Gasteiger partial charge in [-0.1, -0.05) is 42.6 Å². The Morgan fingerprint density at radius 1 is 1.20 bits per heavy atom. The zero-order valence-electron chi connectivity index (χ0n) is 6.20. The molecule has 64 valence electrons. The van der Waals surface area contributed by atoms with Crippen LogP contribution in [0.5, 0.6) is 0 Å². The normalized spacial score (nSPS) is 10.2. The molecule has 0 aliphatic rings. The van der Waals surface area contributed by atoms with Gasteiger partial charge >= 0.3 is 0 Å². The van der Waals surface area contributed by atoms with E-state index >= 15 is 0 Å². The van der Waals surface area contributed by atoms with E-state index in [1.165, 1.54) is 12.8 Å². The minimum Gasteiger partial charge on any atom is -0.369 e. The third kappa shape index (κ3) is 22.7. The van der Waals surface area contributed by atoms with Crippen molar-refractivity contribution in [1.29, 1.82) is 0 Å². The zero-order chi connectivity index (χ0) is 8.62. The van der Waals surface area contributed by atoms with Gasteiger partial charge in [0, 0.05) is 0 Å². The van der Waals surface area contributed by atoms with Crippen LogP contribution in [-0.4, -0.2) is 13.9 Å². The van der Waals surface area contributed by atoms with Gasteiger partial charge in [-0.25, -0.2) is 0 Å². The molecule has 0 fully saturated rings. The molecule has 0 atom stereocenters. The standard InChI is InChI=1S/C4H10.C2H3Br3O/c1-3-4-2;3-1-2(4,5)6/h3-4H2,1-2H3;6H,1H2. The lowest BCUT2D eigenvalue weighted by Gasteiger charge is -2.04. The summed E-state index contributed by atoms with van der Waals surface area (Å²) >= 11 is 8.83. The van der Waals surface area contributed by atoms with Gasteiger partial charge in [-0.3, -0.25) is 0 Å². The first-order chi connectivity index (χ1) is 4.47. The average molecular weight is 341 g/mol. The van der Waals surface area contributed by atoms with Crippen LogP contribution < -0.4 is 0 Å². The monoisotopic (exact) mass is 338 g/mol. The third-order valence-corrected chi connectivity index (χ3v) is 3.54. The average Bonchev–Trinajstić information content (AvgIpc) is 1.87. The minimum absolute atomic E-state index is 0.472. The fourth-order valence-electron chi connectivity index (χ4n) is 0. The van der Waals surface area contributed by atoms with E-state index in [9.17, 15) is 0 Å². The summed E-state index contributed by atoms with van der Waals surface area (Å²) in [5.41, 5.74) is 0. The summed E-state index contributed by atoms with van der Waals surface area (Å²) < 4.78 is -0.917. The van der Waals surface area contributed by atoms with Crippen molar-refractivity contribution in [3.8, 4) is 0 Å². The molecule has 0 spiro atoms. The molecule has 0 saturated heterocycles. The number of unbranched alkanes of at least 4 members (excludes halogenated alkanes) is 1. The Kier molecular flexibility index (Phi) is 11.9. The number of hydrogen-bond acceptors (Lipinski definition) is 1. The number of alkyl halides is 3. The molecule has 0 aliphatic carbocycles. The van der Waals surface area contributed by atoms with E-state index in [4.69, 9.17) is 5.11 Å². The molecule has 0 heterocycles. The fraction of sp³-hybridized carbons (Fsp3) is 1.00. The van der Waals surface area contributed by atoms with Gasteiger partial charge in [0.1, 0.15) is 0 Å². The van der Waals surface area contributed by atoms with Crippen LogP contribution in [0.3, 0.4) is 0 Å². The minimum atomic E-state index is -0.917. The molecule has 0 radical (unpaired) electrons. The Morgan fingerprint density at radius 3 is 1.40 bits per heavy atom. The zero-order valence-corrected chi connectivity index (χ0v) is 11.0. The van der Waals surface area contributed by atoms with E-state index in [0.29, 0.717) is 5.33 Å². The lowest BCUT2D eigenvalue weighted by molar-refractivity contribution is 0.271. The van der Waals surface area contributed by atoms with Gasteiger partial charge in [-0.2, -0.15) is 0 Å². The van der Waals surface area contributed by atoms with Gasteiger partial charge in [0.2, 0.25) is 0 Å². The van der Waals surface area contributed by atoms with Crippen LogP contribution in [0.1, 0.15) is 26.7 Å². The smallest absolute Gasteiger partial charge is 0.184 e. The van der Waals surface area contributed by atoms with Gasteiger partial charge in [0.25, 0.3) is 0 Å². The van der Waals surface area contributed by atoms with Gasteiger partial charge in [0.15, 0.2) is 3.42 Å². The predicted molar refractivity (Wildman–Crippen MR) is 57.2 cm³/mol. The number of halogens is 3. The SMILES string of the molecule is CCCC.OC(Br)(Br)CBr. The fourth-order valence-corrected chi connectivity index (χ4v) is 0. The van der Waals surface area contributed by atoms with E-state index < -0.39 is 3.42 Å². The van der Waals surface area contributed by atoms with E-state index in [1.54, 1.807) is 0 Å². The lowest BCUT2D eigenvalue weighted by Crippen LogP contribution is -2.09. The molecule has 0 unspecified atom stereocenters. The number of hydrogen-bond donors (Lipinski definition) is 1. The van der Waals surface area contributed by atoms with Gasteiger partial charge in [0.05, 0.1) is 5.33 Å². The van der Waals surface area contributed by atoms with Gasteiger partial charge < -0.3 is 5.11 Å². The molecule has 0 aliphatic heterocycles. The third-order valence-electron chi connectivity index (χ3n) is 0.661. The quantitative estimate of drug-likeness (QED) is 0.761. The maximum Gasteiger partial charge on any atom is 0.184 e. The van der Waals surface area contributed by atoms with Crippen LogP contribution >= 0.6 is 47.8 Å². The van der Waals surface area contributed by atoms with Crippen LogP contribution in [0, 0.1) is 0 Å². The molecule has 4 heteroatoms. The van der Waals surface area contributed by atoms with E-state index in [-0.39, 0.29) is 0 Å². The molecular weight excluding hydrogens is 328 g/mol. The van der Waals surface area contributed by atoms with E-state index in [1.807, 2.05) is 0 Å². The van der Waals surface area contributed by atoms with Crippen LogP contribution in [0.15, 0.2) is 0 Å². The van der Waals surface area contributed by atoms with Crippen molar-refractivity contribution in [2.75, 3.05) is 5.33 Å². The molecule has 0 bridgehead atoms. The number of aliphatic hydroxyl groups is 1. The van der Waals surface area contributed by atoms with Crippen molar-refractivity contribution >= 4 is 47.8 Å². The van der Waals surface area contributed by atoms with Crippen LogP contribution in [0.2, 0.25) is 0 Å². The summed E-state index contributed by atoms with van der Waals surface area (Å²) in [4.78, 5) is 0. The van der Waals surface area contributed by atoms with Crippen molar-refractivity contribution < 1.29 is 5.11 Å². The molecule has 1 nitrogen and oxygen atoms in total. The van der Waals surface area contributed by atoms with Gasteiger partial charge in [-0.05, 0) is 31.9 Å². The summed E-state index contributed by atoms with van der Waals surface area (Å²) in [7, 11) is 0. The van der Waals surface area contributed by atoms with Crippen molar-refractivity contribution in [3.63, 3.8) is 0 Å². The first-order valence-corrected chi connectivity index (χ1v) is 5.84. The second kappa shape index (κ2) is 8.50. The number of rotatable bonds is 2. The van der Waals surface area contributed by atoms with Crippen LogP contribution in [0.4, 0.5) is 0 Å². The first kappa shape index (κ1) is 14.0. The second-order valence-electron chi connectivity index (χ2n) is 1.80. The Morgan fingerprint density at radius 2 is 1.40 bits per heavy atom. The van der Waals surface area contributed by atoms with E-state index in [2.05, 4.69) is 61.6 Å². The topological polar surface area (TPSA) is 20.2 Å². The highest BCUT2D eigenvalue weighted by molar-refractivity contribution is 9.26. The Hall–Kier alpha value is 1.40. The summed E-state index contributed by atoms with van der Waals surface area (Å²) in [6.07, 6.45) is 2.64. The Balaban J connectivity index is 0. The van der Waals surface area contributed by atoms with Crippen molar-refractivity contribution in [2.24, 2.45) is 0 Å². The largest absolute Gasteiger partial charge is 0.369 e. The molecule has 0 aromatic carbocycles. The highest BCUT2D eigenvalue weighted by Gasteiger charge is 2.13. The highest BCUT2D eigenvalue weighted by atomic mass is 79.9. The van der Waals surface area contributed by atoms with Crippen LogP contribution in [0.25, 0.3) is 0 Å². The summed E-state index contributed by atoms with van der Waals surface area (Å²) in [5, 5.41) is 9.09. The summed E-state index contributed by atoms with van der Waals surface area (Å²) in [6.45, 7) is 4.36. The van der Waals surface area contributed by atoms with E-state index in [0.717, 1.165) is 0 Å². The van der Waals surface area contributed by atoms with Crippen molar-refractivity contribution in [2.45, 2.75) is 30.1 Å². The molecule has 0 rings (SSSR count). The Bertz CT molecular complexity index is 58.5. The predicted octanol–water partition coefficient (Wildman–Crippen LogP) is 3.62. The molecule has 0 aromatic rings. The van der Waals surface area contributed by atoms with Crippen molar-refractivity contribution in [1.82, 2.24) is 0 Å². The second-order valence-corrected chi connectivity index (χ2v) is 6.05. The summed E-state index contributed by atoms with van der Waals surface area (Å²) in [6, 6.07) is 0. The molecule has 0 amide bonds. The van der Waals surface area contributed by atoms with Gasteiger partial charge in [-0.15, -0.1) is 0 Å². The first-order valence-electron chi connectivity index (χ1n) is 3.14. The highest BCUT2D eigenvalue weighted by Crippen LogP contribution is 2.23. The van der Waals surface area contributed by atoms with Crippen LogP contribution in [-0.2, 0) is 0 Å². The maximum atomic E-state index is 8.61. The molecule has 0 aromatic heterocycles. The Labute approximate surface area is 88.0 Å². The van der Waals surface area contributed by atoms with Crippen molar-refractivity contribution in [3.05, 3.63) is 0 Å².